The maximum absolute atomic E-state index is 11.5. The van der Waals surface area contributed by atoms with E-state index in [1.165, 1.54) is 4.70 Å². The van der Waals surface area contributed by atoms with Crippen LogP contribution in [0.25, 0.3) is 10.2 Å². The number of rotatable bonds is 4. The summed E-state index contributed by atoms with van der Waals surface area (Å²) >= 11 is 1.64. The van der Waals surface area contributed by atoms with Crippen LogP contribution in [0.1, 0.15) is 15.9 Å². The molecule has 106 valence electrons. The van der Waals surface area contributed by atoms with Crippen LogP contribution in [0.5, 0.6) is 0 Å². The van der Waals surface area contributed by atoms with Crippen LogP contribution in [0.2, 0.25) is 0 Å². The average Bonchev–Trinajstić information content (AvgIpc) is 2.95. The number of aromatic nitrogens is 1. The molecule has 3 aromatic rings. The summed E-state index contributed by atoms with van der Waals surface area (Å²) in [4.78, 5) is 16.0. The lowest BCUT2D eigenvalue weighted by atomic mass is 10.1. The number of benzene rings is 2. The van der Waals surface area contributed by atoms with Gasteiger partial charge >= 0.3 is 0 Å². The molecule has 2 N–H and O–H groups in total. The van der Waals surface area contributed by atoms with Crippen molar-refractivity contribution in [2.45, 2.75) is 6.54 Å². The van der Waals surface area contributed by atoms with Crippen LogP contribution in [0.15, 0.2) is 48.5 Å². The third-order valence-corrected chi connectivity index (χ3v) is 4.17. The lowest BCUT2D eigenvalue weighted by Crippen LogP contribution is -2.17. The minimum absolute atomic E-state index is 0.0688. The van der Waals surface area contributed by atoms with Gasteiger partial charge in [0.2, 0.25) is 0 Å². The molecule has 1 amide bonds. The minimum atomic E-state index is -0.0688. The van der Waals surface area contributed by atoms with Gasteiger partial charge in [-0.2, -0.15) is 0 Å². The second-order valence-electron chi connectivity index (χ2n) is 4.62. The Bertz CT molecular complexity index is 732. The number of hydrogen-bond acceptors (Lipinski definition) is 4. The smallest absolute Gasteiger partial charge is 0.251 e. The van der Waals surface area contributed by atoms with E-state index < -0.39 is 0 Å². The number of carbonyl (C=O) groups is 1. The number of amides is 1. The third-order valence-electron chi connectivity index (χ3n) is 3.18. The van der Waals surface area contributed by atoms with Gasteiger partial charge in [0.25, 0.3) is 5.91 Å². The van der Waals surface area contributed by atoms with Crippen LogP contribution in [0, 0.1) is 0 Å². The zero-order chi connectivity index (χ0) is 14.7. The van der Waals surface area contributed by atoms with Crippen molar-refractivity contribution in [1.29, 1.82) is 0 Å². The average molecular weight is 297 g/mol. The van der Waals surface area contributed by atoms with Crippen LogP contribution in [0.4, 0.5) is 5.13 Å². The van der Waals surface area contributed by atoms with Crippen LogP contribution in [-0.2, 0) is 6.54 Å². The van der Waals surface area contributed by atoms with Gasteiger partial charge in [0.1, 0.15) is 0 Å². The number of nitrogens with one attached hydrogen (secondary N) is 2. The highest BCUT2D eigenvalue weighted by atomic mass is 32.1. The summed E-state index contributed by atoms with van der Waals surface area (Å²) in [6, 6.07) is 15.6. The molecule has 0 fully saturated rings. The van der Waals surface area contributed by atoms with Gasteiger partial charge in [-0.1, -0.05) is 35.6 Å². The van der Waals surface area contributed by atoms with Gasteiger partial charge in [-0.25, -0.2) is 4.98 Å². The number of hydrogen-bond donors (Lipinski definition) is 2. The van der Waals surface area contributed by atoms with E-state index in [9.17, 15) is 4.79 Å². The van der Waals surface area contributed by atoms with Gasteiger partial charge < -0.3 is 10.6 Å². The highest BCUT2D eigenvalue weighted by Gasteiger charge is 2.04. The number of anilines is 1. The summed E-state index contributed by atoms with van der Waals surface area (Å²) in [6.07, 6.45) is 0. The van der Waals surface area contributed by atoms with E-state index in [0.29, 0.717) is 12.1 Å². The Morgan fingerprint density at radius 2 is 1.90 bits per heavy atom. The maximum atomic E-state index is 11.5. The number of fused-ring (bicyclic) bond motifs is 1. The summed E-state index contributed by atoms with van der Waals surface area (Å²) < 4.78 is 1.18. The van der Waals surface area contributed by atoms with E-state index >= 15 is 0 Å². The molecule has 0 saturated carbocycles. The van der Waals surface area contributed by atoms with Crippen molar-refractivity contribution in [3.05, 3.63) is 59.7 Å². The van der Waals surface area contributed by atoms with Crippen LogP contribution < -0.4 is 10.6 Å². The molecule has 4 nitrogen and oxygen atoms in total. The van der Waals surface area contributed by atoms with Gasteiger partial charge in [0.15, 0.2) is 5.13 Å². The van der Waals surface area contributed by atoms with Crippen molar-refractivity contribution in [1.82, 2.24) is 10.3 Å². The summed E-state index contributed by atoms with van der Waals surface area (Å²) in [7, 11) is 1.63. The van der Waals surface area contributed by atoms with Crippen molar-refractivity contribution < 1.29 is 4.79 Å². The van der Waals surface area contributed by atoms with Gasteiger partial charge in [-0.3, -0.25) is 4.79 Å². The first-order valence-electron chi connectivity index (χ1n) is 6.67. The first-order chi connectivity index (χ1) is 10.3. The molecule has 21 heavy (non-hydrogen) atoms. The molecule has 0 unspecified atom stereocenters. The monoisotopic (exact) mass is 297 g/mol. The summed E-state index contributed by atoms with van der Waals surface area (Å²) in [5.41, 5.74) is 2.79. The molecule has 1 aromatic heterocycles. The molecule has 3 rings (SSSR count). The minimum Gasteiger partial charge on any atom is -0.357 e. The Morgan fingerprint density at radius 1 is 1.14 bits per heavy atom. The highest BCUT2D eigenvalue weighted by Crippen LogP contribution is 2.25. The van der Waals surface area contributed by atoms with Gasteiger partial charge in [0, 0.05) is 19.2 Å². The number of thiazole rings is 1. The molecular weight excluding hydrogens is 282 g/mol. The number of carbonyl (C=O) groups excluding carboxylic acids is 1. The Labute approximate surface area is 126 Å². The SMILES string of the molecule is CNC(=O)c1ccc(CNc2nc3ccccc3s2)cc1. The second kappa shape index (κ2) is 5.93. The van der Waals surface area contributed by atoms with E-state index in [4.69, 9.17) is 0 Å². The normalized spacial score (nSPS) is 10.5. The predicted octanol–water partition coefficient (Wildman–Crippen LogP) is 3.27. The predicted molar refractivity (Wildman–Crippen MR) is 86.8 cm³/mol. The van der Waals surface area contributed by atoms with E-state index in [2.05, 4.69) is 21.7 Å². The fourth-order valence-corrected chi connectivity index (χ4v) is 2.91. The molecule has 0 radical (unpaired) electrons. The standard InChI is InChI=1S/C16H15N3OS/c1-17-15(20)12-8-6-11(7-9-12)10-18-16-19-13-4-2-3-5-14(13)21-16/h2-9H,10H2,1H3,(H,17,20)(H,18,19). The lowest BCUT2D eigenvalue weighted by Gasteiger charge is -2.04. The molecule has 0 aliphatic carbocycles. The first-order valence-corrected chi connectivity index (χ1v) is 7.48. The van der Waals surface area contributed by atoms with Crippen molar-refractivity contribution >= 4 is 32.6 Å². The fraction of sp³-hybridized carbons (Fsp3) is 0.125. The Hall–Kier alpha value is -2.40. The van der Waals surface area contributed by atoms with E-state index in [1.807, 2.05) is 42.5 Å². The summed E-state index contributed by atoms with van der Waals surface area (Å²) in [6.45, 7) is 0.688. The third kappa shape index (κ3) is 3.03. The largest absolute Gasteiger partial charge is 0.357 e. The molecule has 0 aliphatic heterocycles. The first kappa shape index (κ1) is 13.6. The van der Waals surface area contributed by atoms with Crippen LogP contribution in [0.3, 0.4) is 0 Å². The Morgan fingerprint density at radius 3 is 2.62 bits per heavy atom. The highest BCUT2D eigenvalue weighted by molar-refractivity contribution is 7.22. The van der Waals surface area contributed by atoms with E-state index in [0.717, 1.165) is 16.2 Å². The van der Waals surface area contributed by atoms with Crippen LogP contribution in [-0.4, -0.2) is 17.9 Å². The molecule has 0 saturated heterocycles. The van der Waals surface area contributed by atoms with Crippen molar-refractivity contribution in [3.63, 3.8) is 0 Å². The molecule has 0 bridgehead atoms. The van der Waals surface area contributed by atoms with E-state index in [1.54, 1.807) is 18.4 Å². The van der Waals surface area contributed by atoms with Gasteiger partial charge in [-0.05, 0) is 29.8 Å². The Balaban J connectivity index is 1.68. The van der Waals surface area contributed by atoms with Crippen molar-refractivity contribution in [2.75, 3.05) is 12.4 Å². The summed E-state index contributed by atoms with van der Waals surface area (Å²) in [5.74, 6) is -0.0688. The fourth-order valence-electron chi connectivity index (χ4n) is 2.04. The number of para-hydroxylation sites is 1. The van der Waals surface area contributed by atoms with E-state index in [-0.39, 0.29) is 5.91 Å². The maximum Gasteiger partial charge on any atom is 0.251 e. The zero-order valence-corrected chi connectivity index (χ0v) is 12.4. The summed E-state index contributed by atoms with van der Waals surface area (Å²) in [5, 5.41) is 6.84. The lowest BCUT2D eigenvalue weighted by molar-refractivity contribution is 0.0963. The molecule has 0 spiro atoms. The van der Waals surface area contributed by atoms with Gasteiger partial charge in [0.05, 0.1) is 10.2 Å². The molecule has 0 aliphatic rings. The quantitative estimate of drug-likeness (QED) is 0.777. The van der Waals surface area contributed by atoms with Crippen molar-refractivity contribution in [3.8, 4) is 0 Å². The van der Waals surface area contributed by atoms with Crippen LogP contribution >= 0.6 is 11.3 Å². The Kier molecular flexibility index (Phi) is 3.83. The molecule has 0 atom stereocenters. The zero-order valence-electron chi connectivity index (χ0n) is 11.6. The second-order valence-corrected chi connectivity index (χ2v) is 5.65. The van der Waals surface area contributed by atoms with Crippen molar-refractivity contribution in [2.24, 2.45) is 0 Å². The topological polar surface area (TPSA) is 54.0 Å². The molecular formula is C16H15N3OS. The molecule has 5 heteroatoms. The van der Waals surface area contributed by atoms with Gasteiger partial charge in [-0.15, -0.1) is 0 Å². The molecule has 1 heterocycles. The number of nitrogens with zero attached hydrogens (tertiary/aromatic N) is 1. The molecule has 2 aromatic carbocycles.